The molecule has 12 heavy (non-hydrogen) atoms. The number of rotatable bonds is 1. The van der Waals surface area contributed by atoms with Crippen molar-refractivity contribution in [2.24, 2.45) is 5.73 Å². The van der Waals surface area contributed by atoms with Crippen LogP contribution in [-0.2, 0) is 4.79 Å². The molecule has 0 bridgehead atoms. The predicted octanol–water partition coefficient (Wildman–Crippen LogP) is -4.84. The zero-order chi connectivity index (χ0) is 8.48. The van der Waals surface area contributed by atoms with Gasteiger partial charge in [0.15, 0.2) is 0 Å². The van der Waals surface area contributed by atoms with Crippen molar-refractivity contribution in [3.63, 3.8) is 0 Å². The van der Waals surface area contributed by atoms with Crippen molar-refractivity contribution in [2.75, 3.05) is 20.1 Å². The van der Waals surface area contributed by atoms with E-state index in [0.717, 1.165) is 13.1 Å². The smallest absolute Gasteiger partial charge is 0.548 e. The molecule has 0 radical (unpaired) electrons. The van der Waals surface area contributed by atoms with Crippen LogP contribution in [0.5, 0.6) is 0 Å². The Hall–Kier alpha value is 0.390. The van der Waals surface area contributed by atoms with Crippen LogP contribution in [0.15, 0.2) is 0 Å². The predicted molar refractivity (Wildman–Crippen MR) is 38.7 cm³/mol. The van der Waals surface area contributed by atoms with Gasteiger partial charge in [-0.05, 0) is 33.0 Å². The van der Waals surface area contributed by atoms with Gasteiger partial charge in [0.05, 0.1) is 11.5 Å². The summed E-state index contributed by atoms with van der Waals surface area (Å²) < 4.78 is 0. The van der Waals surface area contributed by atoms with Gasteiger partial charge in [-0.3, -0.25) is 0 Å². The van der Waals surface area contributed by atoms with Gasteiger partial charge in [0.1, 0.15) is 0 Å². The molecule has 2 N–H and O–H groups in total. The topological polar surface area (TPSA) is 69.4 Å². The van der Waals surface area contributed by atoms with Crippen LogP contribution in [0, 0.1) is 0 Å². The number of hydrogen-bond acceptors (Lipinski definition) is 4. The third-order valence-corrected chi connectivity index (χ3v) is 2.29. The van der Waals surface area contributed by atoms with Gasteiger partial charge in [0.2, 0.25) is 0 Å². The molecule has 1 aliphatic rings. The molecule has 64 valence electrons. The molecule has 1 fully saturated rings. The summed E-state index contributed by atoms with van der Waals surface area (Å²) in [6.45, 7) is 1.48. The number of carboxylic acids is 1. The monoisotopic (exact) mass is 180 g/mol. The molecule has 0 unspecified atom stereocenters. The van der Waals surface area contributed by atoms with Crippen molar-refractivity contribution in [3.05, 3.63) is 0 Å². The van der Waals surface area contributed by atoms with Gasteiger partial charge in [0, 0.05) is 0 Å². The Labute approximate surface area is 94.4 Å². The minimum Gasteiger partial charge on any atom is -0.548 e. The van der Waals surface area contributed by atoms with Crippen molar-refractivity contribution >= 4 is 5.97 Å². The SMILES string of the molecule is CN1CCC(N)(C(=O)[O-])CC1.[Na+]. The van der Waals surface area contributed by atoms with E-state index in [1.165, 1.54) is 0 Å². The molecule has 5 heteroatoms. The van der Waals surface area contributed by atoms with E-state index in [-0.39, 0.29) is 29.6 Å². The molecule has 0 aromatic heterocycles. The summed E-state index contributed by atoms with van der Waals surface area (Å²) >= 11 is 0. The van der Waals surface area contributed by atoms with E-state index in [9.17, 15) is 9.90 Å². The molecule has 1 aliphatic heterocycles. The van der Waals surface area contributed by atoms with Crippen LogP contribution in [-0.4, -0.2) is 36.5 Å². The third-order valence-electron chi connectivity index (χ3n) is 2.29. The van der Waals surface area contributed by atoms with Crippen molar-refractivity contribution in [3.8, 4) is 0 Å². The zero-order valence-electron chi connectivity index (χ0n) is 7.67. The first-order valence-corrected chi connectivity index (χ1v) is 3.73. The van der Waals surface area contributed by atoms with Gasteiger partial charge in [-0.2, -0.15) is 0 Å². The van der Waals surface area contributed by atoms with Crippen LogP contribution in [0.25, 0.3) is 0 Å². The fourth-order valence-electron chi connectivity index (χ4n) is 1.22. The summed E-state index contributed by atoms with van der Waals surface area (Å²) in [5.74, 6) is -1.12. The summed E-state index contributed by atoms with van der Waals surface area (Å²) in [4.78, 5) is 12.6. The summed E-state index contributed by atoms with van der Waals surface area (Å²) in [6.07, 6.45) is 0.984. The molecule has 0 spiro atoms. The maximum atomic E-state index is 10.5. The third kappa shape index (κ3) is 2.71. The van der Waals surface area contributed by atoms with Gasteiger partial charge in [-0.25, -0.2) is 0 Å². The summed E-state index contributed by atoms with van der Waals surface area (Å²) in [5, 5.41) is 10.5. The van der Waals surface area contributed by atoms with Crippen LogP contribution in [0.3, 0.4) is 0 Å². The molecule has 1 rings (SSSR count). The molecular weight excluding hydrogens is 167 g/mol. The molecule has 0 atom stereocenters. The number of hydrogen-bond donors (Lipinski definition) is 1. The van der Waals surface area contributed by atoms with Crippen LogP contribution in [0.2, 0.25) is 0 Å². The molecule has 0 saturated carbocycles. The number of likely N-dealkylation sites (tertiary alicyclic amines) is 1. The summed E-state index contributed by atoms with van der Waals surface area (Å²) in [6, 6.07) is 0. The van der Waals surface area contributed by atoms with E-state index in [4.69, 9.17) is 5.73 Å². The van der Waals surface area contributed by atoms with Crippen molar-refractivity contribution in [1.29, 1.82) is 0 Å². The molecule has 0 aromatic carbocycles. The Kier molecular flexibility index (Phi) is 4.73. The second-order valence-electron chi connectivity index (χ2n) is 3.25. The van der Waals surface area contributed by atoms with E-state index in [1.54, 1.807) is 0 Å². The van der Waals surface area contributed by atoms with Gasteiger partial charge in [-0.15, -0.1) is 0 Å². The molecular formula is C7H13N2NaO2. The molecule has 0 aromatic rings. The van der Waals surface area contributed by atoms with Gasteiger partial charge in [0.25, 0.3) is 0 Å². The minimum absolute atomic E-state index is 0. The number of aliphatic carboxylic acids is 1. The first-order chi connectivity index (χ1) is 5.04. The number of piperidine rings is 1. The molecule has 1 saturated heterocycles. The van der Waals surface area contributed by atoms with E-state index >= 15 is 0 Å². The second kappa shape index (κ2) is 4.58. The zero-order valence-corrected chi connectivity index (χ0v) is 9.67. The van der Waals surface area contributed by atoms with E-state index in [2.05, 4.69) is 4.90 Å². The Morgan fingerprint density at radius 1 is 1.50 bits per heavy atom. The van der Waals surface area contributed by atoms with Gasteiger partial charge >= 0.3 is 29.6 Å². The Balaban J connectivity index is 0.00000121. The Bertz CT molecular complexity index is 167. The number of carbonyl (C=O) groups is 1. The quantitative estimate of drug-likeness (QED) is 0.411. The van der Waals surface area contributed by atoms with Gasteiger partial charge in [-0.1, -0.05) is 0 Å². The van der Waals surface area contributed by atoms with Crippen molar-refractivity contribution < 1.29 is 39.5 Å². The average molecular weight is 180 g/mol. The van der Waals surface area contributed by atoms with E-state index in [1.807, 2.05) is 7.05 Å². The minimum atomic E-state index is -1.12. The maximum Gasteiger partial charge on any atom is 1.00 e. The standard InChI is InChI=1S/C7H14N2O2.Na/c1-9-4-2-7(8,3-5-9)6(10)11;/h2-5,8H2,1H3,(H,10,11);/q;+1/p-1. The number of nitrogens with zero attached hydrogens (tertiary/aromatic N) is 1. The summed E-state index contributed by atoms with van der Waals surface area (Å²) in [7, 11) is 1.95. The normalized spacial score (nSPS) is 22.8. The van der Waals surface area contributed by atoms with Crippen LogP contribution in [0.4, 0.5) is 0 Å². The van der Waals surface area contributed by atoms with Crippen LogP contribution in [0.1, 0.15) is 12.8 Å². The molecule has 0 aliphatic carbocycles. The molecule has 0 amide bonds. The average Bonchev–Trinajstić information content (AvgIpc) is 1.95. The summed E-state index contributed by atoms with van der Waals surface area (Å²) in [5.41, 5.74) is 4.50. The first kappa shape index (κ1) is 12.4. The second-order valence-corrected chi connectivity index (χ2v) is 3.25. The first-order valence-electron chi connectivity index (χ1n) is 3.73. The van der Waals surface area contributed by atoms with E-state index in [0.29, 0.717) is 12.8 Å². The number of carboxylic acid groups (broad SMARTS) is 1. The fourth-order valence-corrected chi connectivity index (χ4v) is 1.22. The van der Waals surface area contributed by atoms with Crippen molar-refractivity contribution in [2.45, 2.75) is 18.4 Å². The number of carbonyl (C=O) groups excluding carboxylic acids is 1. The number of nitrogens with two attached hydrogens (primary N) is 1. The fraction of sp³-hybridized carbons (Fsp3) is 0.857. The van der Waals surface area contributed by atoms with Crippen molar-refractivity contribution in [1.82, 2.24) is 4.90 Å². The van der Waals surface area contributed by atoms with Crippen LogP contribution < -0.4 is 40.4 Å². The largest absolute Gasteiger partial charge is 1.00 e. The maximum absolute atomic E-state index is 10.5. The van der Waals surface area contributed by atoms with Crippen LogP contribution >= 0.6 is 0 Å². The van der Waals surface area contributed by atoms with E-state index < -0.39 is 11.5 Å². The Morgan fingerprint density at radius 2 is 1.92 bits per heavy atom. The van der Waals surface area contributed by atoms with Gasteiger partial charge < -0.3 is 20.5 Å². The Morgan fingerprint density at radius 3 is 2.25 bits per heavy atom. The molecule has 4 nitrogen and oxygen atoms in total. The molecule has 1 heterocycles.